The molecule has 2 aromatic rings. The Morgan fingerprint density at radius 1 is 0.846 bits per heavy atom. The maximum absolute atomic E-state index is 13.3. The second kappa shape index (κ2) is 9.77. The molecule has 0 spiro atoms. The first-order valence-corrected chi connectivity index (χ1v) is 7.80. The van der Waals surface area contributed by atoms with Gasteiger partial charge < -0.3 is 10.1 Å². The van der Waals surface area contributed by atoms with Crippen LogP contribution in [-0.2, 0) is 20.8 Å². The summed E-state index contributed by atoms with van der Waals surface area (Å²) in [6.45, 7) is -0.762. The topological polar surface area (TPSA) is 96.5 Å². The Balaban J connectivity index is 1.62. The number of hydrazine groups is 1. The van der Waals surface area contributed by atoms with Gasteiger partial charge in [0.05, 0.1) is 13.0 Å². The summed E-state index contributed by atoms with van der Waals surface area (Å²) in [7, 11) is 0. The van der Waals surface area contributed by atoms with E-state index in [1.54, 1.807) is 18.2 Å². The van der Waals surface area contributed by atoms with Crippen molar-refractivity contribution in [3.63, 3.8) is 0 Å². The average Bonchev–Trinajstić information content (AvgIpc) is 2.65. The summed E-state index contributed by atoms with van der Waals surface area (Å²) in [5.41, 5.74) is 5.06. The molecular weight excluding hydrogens is 341 g/mol. The van der Waals surface area contributed by atoms with Crippen LogP contribution in [0.2, 0.25) is 0 Å². The van der Waals surface area contributed by atoms with Crippen molar-refractivity contribution in [1.82, 2.24) is 16.2 Å². The molecule has 3 amide bonds. The van der Waals surface area contributed by atoms with Crippen molar-refractivity contribution < 1.29 is 23.5 Å². The molecule has 3 N–H and O–H groups in total. The lowest BCUT2D eigenvalue weighted by Gasteiger charge is -2.10. The number of amides is 3. The van der Waals surface area contributed by atoms with E-state index >= 15 is 0 Å². The Bertz CT molecular complexity index is 768. The van der Waals surface area contributed by atoms with Gasteiger partial charge >= 0.3 is 0 Å². The maximum atomic E-state index is 13.3. The van der Waals surface area contributed by atoms with Crippen molar-refractivity contribution in [2.45, 2.75) is 6.42 Å². The number of ether oxygens (including phenoxy) is 1. The van der Waals surface area contributed by atoms with Gasteiger partial charge in [0.1, 0.15) is 0 Å². The van der Waals surface area contributed by atoms with Crippen molar-refractivity contribution in [2.24, 2.45) is 0 Å². The number of hydrogen-bond acceptors (Lipinski definition) is 4. The van der Waals surface area contributed by atoms with Crippen molar-refractivity contribution >= 4 is 17.7 Å². The first-order chi connectivity index (χ1) is 12.5. The van der Waals surface area contributed by atoms with Crippen LogP contribution in [0.3, 0.4) is 0 Å². The number of rotatable bonds is 7. The van der Waals surface area contributed by atoms with Gasteiger partial charge in [-0.1, -0.05) is 42.5 Å². The lowest BCUT2D eigenvalue weighted by Crippen LogP contribution is -2.47. The fraction of sp³-hybridized carbons (Fsp3) is 0.167. The molecule has 0 aliphatic rings. The average molecular weight is 359 g/mol. The summed E-state index contributed by atoms with van der Waals surface area (Å²) in [6.07, 6.45) is 0.150. The highest BCUT2D eigenvalue weighted by atomic mass is 19.1. The van der Waals surface area contributed by atoms with E-state index in [1.165, 1.54) is 18.2 Å². The van der Waals surface area contributed by atoms with E-state index in [-0.39, 0.29) is 24.6 Å². The molecule has 0 bridgehead atoms. The largest absolute Gasteiger partial charge is 0.481 e. The number of nitrogens with one attached hydrogen (secondary N) is 3. The van der Waals surface area contributed by atoms with E-state index in [2.05, 4.69) is 16.2 Å². The van der Waals surface area contributed by atoms with Gasteiger partial charge in [-0.2, -0.15) is 0 Å². The van der Waals surface area contributed by atoms with E-state index in [0.717, 1.165) is 5.56 Å². The van der Waals surface area contributed by atoms with Crippen molar-refractivity contribution in [3.8, 4) is 5.75 Å². The molecular formula is C18H18FN3O4. The molecule has 0 radical (unpaired) electrons. The fourth-order valence-electron chi connectivity index (χ4n) is 1.95. The number of hydrogen-bond donors (Lipinski definition) is 3. The van der Waals surface area contributed by atoms with Crippen LogP contribution in [0.4, 0.5) is 4.39 Å². The Morgan fingerprint density at radius 2 is 1.50 bits per heavy atom. The third-order valence-electron chi connectivity index (χ3n) is 3.19. The lowest BCUT2D eigenvalue weighted by atomic mass is 10.1. The van der Waals surface area contributed by atoms with Crippen LogP contribution in [0.15, 0.2) is 54.6 Å². The van der Waals surface area contributed by atoms with Gasteiger partial charge in [0.2, 0.25) is 5.91 Å². The summed E-state index contributed by atoms with van der Waals surface area (Å²) in [4.78, 5) is 34.9. The quantitative estimate of drug-likeness (QED) is 0.635. The SMILES string of the molecule is O=C(Cc1ccccc1)NCC(=O)NNC(=O)COc1ccccc1F. The Kier molecular flexibility index (Phi) is 7.11. The third kappa shape index (κ3) is 6.60. The van der Waals surface area contributed by atoms with Gasteiger partial charge in [-0.25, -0.2) is 4.39 Å². The van der Waals surface area contributed by atoms with Crippen LogP contribution >= 0.6 is 0 Å². The molecule has 8 heteroatoms. The minimum Gasteiger partial charge on any atom is -0.481 e. The monoisotopic (exact) mass is 359 g/mol. The van der Waals surface area contributed by atoms with Gasteiger partial charge in [-0.3, -0.25) is 25.2 Å². The van der Waals surface area contributed by atoms with E-state index in [4.69, 9.17) is 4.74 Å². The van der Waals surface area contributed by atoms with Crippen LogP contribution in [0.5, 0.6) is 5.75 Å². The number of carbonyl (C=O) groups is 3. The van der Waals surface area contributed by atoms with E-state index in [9.17, 15) is 18.8 Å². The highest BCUT2D eigenvalue weighted by Crippen LogP contribution is 2.14. The van der Waals surface area contributed by atoms with Gasteiger partial charge in [0.25, 0.3) is 11.8 Å². The number of halogens is 1. The Morgan fingerprint density at radius 3 is 2.23 bits per heavy atom. The standard InChI is InChI=1S/C18H18FN3O4/c19-14-8-4-5-9-15(14)26-12-18(25)22-21-17(24)11-20-16(23)10-13-6-2-1-3-7-13/h1-9H,10-12H2,(H,20,23)(H,21,24)(H,22,25). The summed E-state index contributed by atoms with van der Waals surface area (Å²) in [5, 5.41) is 2.44. The van der Waals surface area contributed by atoms with E-state index < -0.39 is 24.2 Å². The van der Waals surface area contributed by atoms with Gasteiger partial charge in [-0.15, -0.1) is 0 Å². The molecule has 0 aliphatic heterocycles. The van der Waals surface area contributed by atoms with Crippen LogP contribution in [-0.4, -0.2) is 30.9 Å². The molecule has 0 fully saturated rings. The molecule has 7 nitrogen and oxygen atoms in total. The molecule has 0 unspecified atom stereocenters. The van der Waals surface area contributed by atoms with Crippen molar-refractivity contribution in [1.29, 1.82) is 0 Å². The zero-order valence-corrected chi connectivity index (χ0v) is 13.8. The Hall–Kier alpha value is -3.42. The normalized spacial score (nSPS) is 9.88. The second-order valence-corrected chi connectivity index (χ2v) is 5.25. The molecule has 2 rings (SSSR count). The van der Waals surface area contributed by atoms with Crippen LogP contribution in [0.25, 0.3) is 0 Å². The third-order valence-corrected chi connectivity index (χ3v) is 3.19. The number of benzene rings is 2. The second-order valence-electron chi connectivity index (χ2n) is 5.25. The Labute approximate surface area is 149 Å². The highest BCUT2D eigenvalue weighted by Gasteiger charge is 2.09. The fourth-order valence-corrected chi connectivity index (χ4v) is 1.95. The van der Waals surface area contributed by atoms with Gasteiger partial charge in [-0.05, 0) is 17.7 Å². The molecule has 0 saturated heterocycles. The predicted molar refractivity (Wildman–Crippen MR) is 91.3 cm³/mol. The molecule has 0 heterocycles. The minimum absolute atomic E-state index is 0.0675. The lowest BCUT2D eigenvalue weighted by molar-refractivity contribution is -0.130. The van der Waals surface area contributed by atoms with Crippen molar-refractivity contribution in [3.05, 3.63) is 66.0 Å². The molecule has 136 valence electrons. The zero-order valence-electron chi connectivity index (χ0n) is 13.8. The minimum atomic E-state index is -0.669. The zero-order chi connectivity index (χ0) is 18.8. The molecule has 0 saturated carbocycles. The van der Waals surface area contributed by atoms with Crippen LogP contribution < -0.4 is 20.9 Å². The predicted octanol–water partition coefficient (Wildman–Crippen LogP) is 0.711. The molecule has 0 aromatic heterocycles. The smallest absolute Gasteiger partial charge is 0.276 e. The summed E-state index contributed by atoms with van der Waals surface area (Å²) >= 11 is 0. The van der Waals surface area contributed by atoms with Crippen LogP contribution in [0, 0.1) is 5.82 Å². The van der Waals surface area contributed by atoms with Crippen LogP contribution in [0.1, 0.15) is 5.56 Å². The van der Waals surface area contributed by atoms with Gasteiger partial charge in [0, 0.05) is 0 Å². The molecule has 2 aromatic carbocycles. The number of para-hydroxylation sites is 1. The summed E-state index contributed by atoms with van der Waals surface area (Å²) < 4.78 is 18.3. The first-order valence-electron chi connectivity index (χ1n) is 7.80. The molecule has 0 atom stereocenters. The summed E-state index contributed by atoms with van der Waals surface area (Å²) in [6, 6.07) is 14.7. The molecule has 0 aliphatic carbocycles. The maximum Gasteiger partial charge on any atom is 0.276 e. The first kappa shape index (κ1) is 18.9. The summed E-state index contributed by atoms with van der Waals surface area (Å²) in [5.74, 6) is -2.25. The molecule has 26 heavy (non-hydrogen) atoms. The van der Waals surface area contributed by atoms with E-state index in [1.807, 2.05) is 18.2 Å². The highest BCUT2D eigenvalue weighted by molar-refractivity contribution is 5.87. The van der Waals surface area contributed by atoms with Gasteiger partial charge in [0.15, 0.2) is 18.2 Å². The van der Waals surface area contributed by atoms with Crippen molar-refractivity contribution in [2.75, 3.05) is 13.2 Å². The number of carbonyl (C=O) groups excluding carboxylic acids is 3. The van der Waals surface area contributed by atoms with E-state index in [0.29, 0.717) is 0 Å².